The largest absolute Gasteiger partial charge is 0.487 e. The fourth-order valence-electron chi connectivity index (χ4n) is 4.89. The number of ether oxygens (including phenoxy) is 1. The summed E-state index contributed by atoms with van der Waals surface area (Å²) >= 11 is 0. The van der Waals surface area contributed by atoms with Crippen molar-refractivity contribution in [3.63, 3.8) is 0 Å². The van der Waals surface area contributed by atoms with Gasteiger partial charge in [0.25, 0.3) is 0 Å². The molecule has 3 nitrogen and oxygen atoms in total. The lowest BCUT2D eigenvalue weighted by atomic mass is 9.82. The molecule has 2 aliphatic rings. The molecular formula is C27H27NO2. The van der Waals surface area contributed by atoms with Gasteiger partial charge in [-0.25, -0.2) is 0 Å². The average molecular weight is 398 g/mol. The summed E-state index contributed by atoms with van der Waals surface area (Å²) < 4.78 is 6.48. The first-order valence-corrected chi connectivity index (χ1v) is 10.9. The average Bonchev–Trinajstić information content (AvgIpc) is 2.81. The summed E-state index contributed by atoms with van der Waals surface area (Å²) in [5.41, 5.74) is 3.28. The van der Waals surface area contributed by atoms with Crippen LogP contribution in [0.5, 0.6) is 5.75 Å². The van der Waals surface area contributed by atoms with E-state index in [1.54, 1.807) is 0 Å². The van der Waals surface area contributed by atoms with Crippen molar-refractivity contribution in [1.82, 2.24) is 4.90 Å². The number of benzene rings is 3. The number of likely N-dealkylation sites (tertiary alicyclic amines) is 1. The molecule has 0 aromatic heterocycles. The van der Waals surface area contributed by atoms with Crippen LogP contribution in [0.4, 0.5) is 0 Å². The van der Waals surface area contributed by atoms with Crippen molar-refractivity contribution in [2.24, 2.45) is 0 Å². The molecule has 3 aromatic carbocycles. The molecule has 30 heavy (non-hydrogen) atoms. The minimum absolute atomic E-state index is 0.125. The van der Waals surface area contributed by atoms with Gasteiger partial charge in [-0.1, -0.05) is 78.9 Å². The number of carbonyl (C=O) groups is 1. The van der Waals surface area contributed by atoms with E-state index in [9.17, 15) is 4.79 Å². The second-order valence-electron chi connectivity index (χ2n) is 8.47. The van der Waals surface area contributed by atoms with Gasteiger partial charge in [-0.05, 0) is 35.6 Å². The number of hydrogen-bond acceptors (Lipinski definition) is 2. The fourth-order valence-corrected chi connectivity index (χ4v) is 4.89. The zero-order valence-corrected chi connectivity index (χ0v) is 17.2. The first-order chi connectivity index (χ1) is 14.7. The highest BCUT2D eigenvalue weighted by Crippen LogP contribution is 2.40. The molecule has 2 aliphatic heterocycles. The smallest absolute Gasteiger partial charge is 0.234 e. The lowest BCUT2D eigenvalue weighted by molar-refractivity contribution is -0.135. The number of amides is 1. The van der Waals surface area contributed by atoms with Crippen LogP contribution in [0.25, 0.3) is 0 Å². The molecule has 1 spiro atoms. The third-order valence-corrected chi connectivity index (χ3v) is 6.65. The van der Waals surface area contributed by atoms with Crippen LogP contribution in [0.1, 0.15) is 41.9 Å². The monoisotopic (exact) mass is 397 g/mol. The molecule has 0 radical (unpaired) electrons. The van der Waals surface area contributed by atoms with E-state index >= 15 is 0 Å². The Morgan fingerprint density at radius 1 is 0.767 bits per heavy atom. The molecule has 3 aromatic rings. The van der Waals surface area contributed by atoms with Crippen LogP contribution in [0.2, 0.25) is 0 Å². The van der Waals surface area contributed by atoms with Gasteiger partial charge in [-0.3, -0.25) is 4.79 Å². The molecule has 152 valence electrons. The fraction of sp³-hybridized carbons (Fsp3) is 0.296. The van der Waals surface area contributed by atoms with Gasteiger partial charge in [0.05, 0.1) is 5.92 Å². The van der Waals surface area contributed by atoms with Crippen LogP contribution < -0.4 is 4.74 Å². The molecule has 1 fully saturated rings. The van der Waals surface area contributed by atoms with Gasteiger partial charge in [0, 0.05) is 25.9 Å². The van der Waals surface area contributed by atoms with E-state index in [2.05, 4.69) is 42.5 Å². The van der Waals surface area contributed by atoms with Crippen molar-refractivity contribution < 1.29 is 9.53 Å². The standard InChI is InChI=1S/C27H27NO2/c29-26(25(22-10-3-1-4-11-22)23-12-5-2-6-13-23)28-19-17-27(18-20-28)16-15-21-9-7-8-14-24(21)30-27/h1-14,25H,15-20H2. The summed E-state index contributed by atoms with van der Waals surface area (Å²) in [6.45, 7) is 1.49. The van der Waals surface area contributed by atoms with Crippen LogP contribution in [-0.2, 0) is 11.2 Å². The first-order valence-electron chi connectivity index (χ1n) is 10.9. The molecule has 3 heteroatoms. The molecule has 1 saturated heterocycles. The van der Waals surface area contributed by atoms with Crippen LogP contribution in [0.15, 0.2) is 84.9 Å². The summed E-state index contributed by atoms with van der Waals surface area (Å²) in [4.78, 5) is 15.7. The lowest BCUT2D eigenvalue weighted by Gasteiger charge is -2.45. The zero-order valence-electron chi connectivity index (χ0n) is 17.2. The Labute approximate surface area is 178 Å². The summed E-state index contributed by atoms with van der Waals surface area (Å²) in [7, 11) is 0. The summed E-state index contributed by atoms with van der Waals surface area (Å²) in [5.74, 6) is 0.961. The number of nitrogens with zero attached hydrogens (tertiary/aromatic N) is 1. The Morgan fingerprint density at radius 3 is 1.97 bits per heavy atom. The summed E-state index contributed by atoms with van der Waals surface area (Å²) in [6.07, 6.45) is 3.88. The van der Waals surface area contributed by atoms with E-state index in [0.717, 1.165) is 55.6 Å². The highest BCUT2D eigenvalue weighted by atomic mass is 16.5. The Morgan fingerprint density at radius 2 is 1.33 bits per heavy atom. The highest BCUT2D eigenvalue weighted by Gasteiger charge is 2.41. The van der Waals surface area contributed by atoms with Gasteiger partial charge in [0.15, 0.2) is 0 Å². The van der Waals surface area contributed by atoms with Crippen molar-refractivity contribution in [3.8, 4) is 5.75 Å². The number of hydrogen-bond donors (Lipinski definition) is 0. The van der Waals surface area contributed by atoms with Crippen LogP contribution in [0.3, 0.4) is 0 Å². The lowest BCUT2D eigenvalue weighted by Crippen LogP contribution is -2.52. The maximum Gasteiger partial charge on any atom is 0.234 e. The minimum atomic E-state index is -0.255. The Balaban J connectivity index is 1.34. The van der Waals surface area contributed by atoms with Gasteiger partial charge in [-0.15, -0.1) is 0 Å². The number of fused-ring (bicyclic) bond motifs is 1. The quantitative estimate of drug-likeness (QED) is 0.608. The van der Waals surface area contributed by atoms with Gasteiger partial charge in [-0.2, -0.15) is 0 Å². The highest BCUT2D eigenvalue weighted by molar-refractivity contribution is 5.87. The van der Waals surface area contributed by atoms with Crippen molar-refractivity contribution in [2.45, 2.75) is 37.2 Å². The summed E-state index contributed by atoms with van der Waals surface area (Å²) in [6, 6.07) is 28.6. The van der Waals surface area contributed by atoms with E-state index < -0.39 is 0 Å². The van der Waals surface area contributed by atoms with Crippen molar-refractivity contribution in [1.29, 1.82) is 0 Å². The predicted molar refractivity (Wildman–Crippen MR) is 119 cm³/mol. The molecule has 1 amide bonds. The molecule has 0 unspecified atom stereocenters. The molecule has 0 N–H and O–H groups in total. The molecule has 2 heterocycles. The van der Waals surface area contributed by atoms with Crippen molar-refractivity contribution in [2.75, 3.05) is 13.1 Å². The van der Waals surface area contributed by atoms with Crippen molar-refractivity contribution in [3.05, 3.63) is 102 Å². The minimum Gasteiger partial charge on any atom is -0.487 e. The first kappa shape index (κ1) is 18.9. The molecule has 0 aliphatic carbocycles. The Hall–Kier alpha value is -3.07. The van der Waals surface area contributed by atoms with E-state index in [1.165, 1.54) is 5.56 Å². The number of piperidine rings is 1. The molecule has 0 saturated carbocycles. The SMILES string of the molecule is O=C(C(c1ccccc1)c1ccccc1)N1CCC2(CCc3ccccc3O2)CC1. The zero-order chi connectivity index (χ0) is 20.4. The third kappa shape index (κ3) is 3.60. The van der Waals surface area contributed by atoms with E-state index in [4.69, 9.17) is 4.74 Å². The maximum atomic E-state index is 13.7. The second-order valence-corrected chi connectivity index (χ2v) is 8.47. The molecule has 0 atom stereocenters. The van der Waals surface area contributed by atoms with Crippen LogP contribution in [-0.4, -0.2) is 29.5 Å². The normalized spacial score (nSPS) is 17.4. The van der Waals surface area contributed by atoms with E-state index in [0.29, 0.717) is 0 Å². The van der Waals surface area contributed by atoms with Gasteiger partial charge in [0.2, 0.25) is 5.91 Å². The number of aryl methyl sites for hydroxylation is 1. The Kier molecular flexibility index (Phi) is 5.04. The molecule has 5 rings (SSSR count). The number of carbonyl (C=O) groups excluding carboxylic acids is 1. The number of rotatable bonds is 3. The number of para-hydroxylation sites is 1. The maximum absolute atomic E-state index is 13.7. The predicted octanol–water partition coefficient (Wildman–Crippen LogP) is 5.20. The van der Waals surface area contributed by atoms with E-state index in [1.807, 2.05) is 47.4 Å². The van der Waals surface area contributed by atoms with Gasteiger partial charge >= 0.3 is 0 Å². The Bertz CT molecular complexity index is 968. The topological polar surface area (TPSA) is 29.5 Å². The second kappa shape index (κ2) is 7.98. The third-order valence-electron chi connectivity index (χ3n) is 6.65. The van der Waals surface area contributed by atoms with Gasteiger partial charge in [0.1, 0.15) is 11.4 Å². The molecular weight excluding hydrogens is 370 g/mol. The van der Waals surface area contributed by atoms with E-state index in [-0.39, 0.29) is 17.4 Å². The summed E-state index contributed by atoms with van der Waals surface area (Å²) in [5, 5.41) is 0. The van der Waals surface area contributed by atoms with Crippen molar-refractivity contribution >= 4 is 5.91 Å². The van der Waals surface area contributed by atoms with Crippen LogP contribution >= 0.6 is 0 Å². The van der Waals surface area contributed by atoms with Gasteiger partial charge < -0.3 is 9.64 Å². The molecule has 0 bridgehead atoms. The van der Waals surface area contributed by atoms with Crippen LogP contribution in [0, 0.1) is 0 Å².